The smallest absolute Gasteiger partial charge is 0.332 e. The molecule has 0 radical (unpaired) electrons. The van der Waals surface area contributed by atoms with Crippen LogP contribution in [0.4, 0.5) is 0 Å². The van der Waals surface area contributed by atoms with Crippen molar-refractivity contribution in [1.29, 1.82) is 0 Å². The summed E-state index contributed by atoms with van der Waals surface area (Å²) in [5.74, 6) is 0.389. The molecule has 0 atom stereocenters. The van der Waals surface area contributed by atoms with Gasteiger partial charge in [-0.2, -0.15) is 0 Å². The van der Waals surface area contributed by atoms with E-state index in [1.54, 1.807) is 6.92 Å². The third-order valence-electron chi connectivity index (χ3n) is 3.52. The average molecular weight is 384 g/mol. The lowest BCUT2D eigenvalue weighted by Crippen LogP contribution is -2.16. The molecule has 0 spiro atoms. The minimum atomic E-state index is -0.366. The van der Waals surface area contributed by atoms with Crippen LogP contribution in [-0.4, -0.2) is 72.0 Å². The van der Waals surface area contributed by atoms with Crippen molar-refractivity contribution in [1.82, 2.24) is 0 Å². The second-order valence-corrected chi connectivity index (χ2v) is 5.58. The van der Waals surface area contributed by atoms with Gasteiger partial charge in [0.2, 0.25) is 0 Å². The van der Waals surface area contributed by atoms with Gasteiger partial charge in [-0.05, 0) is 19.1 Å². The van der Waals surface area contributed by atoms with E-state index < -0.39 is 0 Å². The first-order valence-corrected chi connectivity index (χ1v) is 9.14. The number of hydrogen-bond donors (Lipinski definition) is 0. The standard InChI is InChI=1S/C19H28O8/c1-2-24-18(20)15-23-9-8-21-6-7-22-10-11-25-17-5-3-4-16(14-17)19-26-12-13-27-19/h3-5,14,19H,2,6-13,15H2,1H3. The van der Waals surface area contributed by atoms with E-state index in [0.29, 0.717) is 59.5 Å². The Labute approximate surface area is 159 Å². The maximum atomic E-state index is 11.0. The van der Waals surface area contributed by atoms with Crippen LogP contribution in [0.3, 0.4) is 0 Å². The molecule has 1 aliphatic heterocycles. The van der Waals surface area contributed by atoms with E-state index in [1.807, 2.05) is 24.3 Å². The predicted octanol–water partition coefficient (Wildman–Crippen LogP) is 1.72. The van der Waals surface area contributed by atoms with E-state index >= 15 is 0 Å². The molecule has 0 amide bonds. The molecule has 0 saturated carbocycles. The maximum absolute atomic E-state index is 11.0. The van der Waals surface area contributed by atoms with Crippen LogP contribution >= 0.6 is 0 Å². The van der Waals surface area contributed by atoms with E-state index in [0.717, 1.165) is 11.3 Å². The minimum absolute atomic E-state index is 0.0504. The van der Waals surface area contributed by atoms with Crippen molar-refractivity contribution in [3.63, 3.8) is 0 Å². The molecule has 0 aromatic heterocycles. The first kappa shape index (κ1) is 21.6. The molecule has 0 unspecified atom stereocenters. The Kier molecular flexibility index (Phi) is 10.8. The van der Waals surface area contributed by atoms with E-state index in [1.165, 1.54) is 0 Å². The van der Waals surface area contributed by atoms with Crippen LogP contribution in [0.2, 0.25) is 0 Å². The van der Waals surface area contributed by atoms with Gasteiger partial charge in [0.05, 0.1) is 52.9 Å². The zero-order valence-electron chi connectivity index (χ0n) is 15.7. The zero-order chi connectivity index (χ0) is 19.2. The fourth-order valence-corrected chi connectivity index (χ4v) is 2.32. The number of hydrogen-bond acceptors (Lipinski definition) is 8. The topological polar surface area (TPSA) is 81.7 Å². The van der Waals surface area contributed by atoms with Gasteiger partial charge < -0.3 is 33.2 Å². The molecule has 1 aromatic carbocycles. The van der Waals surface area contributed by atoms with Gasteiger partial charge in [0.25, 0.3) is 0 Å². The molecule has 0 aliphatic carbocycles. The minimum Gasteiger partial charge on any atom is -0.491 e. The number of ether oxygens (including phenoxy) is 7. The van der Waals surface area contributed by atoms with Crippen LogP contribution in [0.5, 0.6) is 5.75 Å². The lowest BCUT2D eigenvalue weighted by molar-refractivity contribution is -0.149. The van der Waals surface area contributed by atoms with E-state index in [4.69, 9.17) is 33.2 Å². The van der Waals surface area contributed by atoms with Gasteiger partial charge >= 0.3 is 5.97 Å². The summed E-state index contributed by atoms with van der Waals surface area (Å²) in [6, 6.07) is 7.66. The highest BCUT2D eigenvalue weighted by Gasteiger charge is 2.18. The predicted molar refractivity (Wildman–Crippen MR) is 95.7 cm³/mol. The Balaban J connectivity index is 1.42. The summed E-state index contributed by atoms with van der Waals surface area (Å²) in [5, 5.41) is 0. The van der Waals surface area contributed by atoms with Crippen molar-refractivity contribution < 1.29 is 38.0 Å². The van der Waals surface area contributed by atoms with Gasteiger partial charge in [-0.15, -0.1) is 0 Å². The van der Waals surface area contributed by atoms with Crippen molar-refractivity contribution in [2.45, 2.75) is 13.2 Å². The molecule has 1 saturated heterocycles. The fraction of sp³-hybridized carbons (Fsp3) is 0.632. The Morgan fingerprint density at radius 1 is 1.00 bits per heavy atom. The summed E-state index contributed by atoms with van der Waals surface area (Å²) in [6.45, 7) is 5.85. The number of rotatable bonds is 14. The lowest BCUT2D eigenvalue weighted by atomic mass is 10.2. The van der Waals surface area contributed by atoms with Crippen molar-refractivity contribution in [2.75, 3.05) is 66.1 Å². The maximum Gasteiger partial charge on any atom is 0.332 e. The summed E-state index contributed by atoms with van der Waals surface area (Å²) in [5.41, 5.74) is 0.949. The summed E-state index contributed by atoms with van der Waals surface area (Å²) in [7, 11) is 0. The first-order valence-electron chi connectivity index (χ1n) is 9.14. The van der Waals surface area contributed by atoms with Crippen LogP contribution < -0.4 is 4.74 Å². The first-order chi connectivity index (χ1) is 13.3. The molecule has 0 N–H and O–H groups in total. The molecule has 8 heteroatoms. The second kappa shape index (κ2) is 13.5. The number of esters is 1. The fourth-order valence-electron chi connectivity index (χ4n) is 2.32. The summed E-state index contributed by atoms with van der Waals surface area (Å²) in [4.78, 5) is 11.0. The van der Waals surface area contributed by atoms with Crippen molar-refractivity contribution in [3.8, 4) is 5.75 Å². The average Bonchev–Trinajstić information content (AvgIpc) is 3.21. The highest BCUT2D eigenvalue weighted by molar-refractivity contribution is 5.70. The highest BCUT2D eigenvalue weighted by atomic mass is 16.7. The lowest BCUT2D eigenvalue weighted by Gasteiger charge is -2.12. The molecule has 0 bridgehead atoms. The number of benzene rings is 1. The van der Waals surface area contributed by atoms with Crippen LogP contribution in [0.15, 0.2) is 24.3 Å². The Bertz CT molecular complexity index is 530. The second-order valence-electron chi connectivity index (χ2n) is 5.58. The molecular formula is C19H28O8. The third kappa shape index (κ3) is 9.16. The summed E-state index contributed by atoms with van der Waals surface area (Å²) in [6.07, 6.45) is -0.303. The van der Waals surface area contributed by atoms with Gasteiger partial charge in [-0.3, -0.25) is 0 Å². The van der Waals surface area contributed by atoms with Gasteiger partial charge in [0.1, 0.15) is 19.0 Å². The molecule has 2 rings (SSSR count). The van der Waals surface area contributed by atoms with Crippen molar-refractivity contribution >= 4 is 5.97 Å². The Morgan fingerprint density at radius 2 is 1.67 bits per heavy atom. The number of carbonyl (C=O) groups excluding carboxylic acids is 1. The molecule has 1 fully saturated rings. The van der Waals surface area contributed by atoms with Gasteiger partial charge in [0, 0.05) is 5.56 Å². The number of carbonyl (C=O) groups is 1. The van der Waals surface area contributed by atoms with Gasteiger partial charge in [0.15, 0.2) is 6.29 Å². The van der Waals surface area contributed by atoms with Gasteiger partial charge in [-0.25, -0.2) is 4.79 Å². The van der Waals surface area contributed by atoms with Crippen LogP contribution in [0, 0.1) is 0 Å². The Morgan fingerprint density at radius 3 is 2.37 bits per heavy atom. The molecule has 1 heterocycles. The largest absolute Gasteiger partial charge is 0.491 e. The normalized spacial score (nSPS) is 14.4. The van der Waals surface area contributed by atoms with Crippen molar-refractivity contribution in [2.24, 2.45) is 0 Å². The molecular weight excluding hydrogens is 356 g/mol. The summed E-state index contributed by atoms with van der Waals surface area (Å²) < 4.78 is 37.3. The quantitative estimate of drug-likeness (QED) is 0.354. The van der Waals surface area contributed by atoms with Crippen LogP contribution in [0.1, 0.15) is 18.8 Å². The van der Waals surface area contributed by atoms with Crippen molar-refractivity contribution in [3.05, 3.63) is 29.8 Å². The van der Waals surface area contributed by atoms with E-state index in [-0.39, 0.29) is 18.9 Å². The highest BCUT2D eigenvalue weighted by Crippen LogP contribution is 2.26. The van der Waals surface area contributed by atoms with E-state index in [2.05, 4.69) is 0 Å². The Hall–Kier alpha value is -1.71. The monoisotopic (exact) mass is 384 g/mol. The van der Waals surface area contributed by atoms with Crippen LogP contribution in [-0.2, 0) is 33.2 Å². The molecule has 152 valence electrons. The molecule has 1 aromatic rings. The zero-order valence-corrected chi connectivity index (χ0v) is 15.7. The SMILES string of the molecule is CCOC(=O)COCCOCCOCCOc1cccc(C2OCCO2)c1. The molecule has 1 aliphatic rings. The molecule has 8 nitrogen and oxygen atoms in total. The third-order valence-corrected chi connectivity index (χ3v) is 3.52. The van der Waals surface area contributed by atoms with E-state index in [9.17, 15) is 4.79 Å². The van der Waals surface area contributed by atoms with Gasteiger partial charge in [-0.1, -0.05) is 12.1 Å². The molecule has 27 heavy (non-hydrogen) atoms. The van der Waals surface area contributed by atoms with Crippen LogP contribution in [0.25, 0.3) is 0 Å². The summed E-state index contributed by atoms with van der Waals surface area (Å²) >= 11 is 0.